The minimum atomic E-state index is -0.949. The first kappa shape index (κ1) is 15.1. The lowest BCUT2D eigenvalue weighted by Gasteiger charge is -2.16. The van der Waals surface area contributed by atoms with E-state index in [0.717, 1.165) is 22.3 Å². The molecule has 0 amide bonds. The van der Waals surface area contributed by atoms with E-state index in [4.69, 9.17) is 4.74 Å². The van der Waals surface area contributed by atoms with E-state index in [1.807, 2.05) is 63.2 Å². The molecule has 0 aromatic heterocycles. The zero-order valence-corrected chi connectivity index (χ0v) is 12.6. The zero-order valence-electron chi connectivity index (χ0n) is 12.6. The van der Waals surface area contributed by atoms with Crippen LogP contribution in [0.3, 0.4) is 0 Å². The van der Waals surface area contributed by atoms with Gasteiger partial charge in [-0.25, -0.2) is 4.79 Å². The van der Waals surface area contributed by atoms with Crippen molar-refractivity contribution in [2.24, 2.45) is 0 Å². The van der Waals surface area contributed by atoms with Gasteiger partial charge in [0, 0.05) is 6.42 Å². The van der Waals surface area contributed by atoms with Gasteiger partial charge in [-0.2, -0.15) is 0 Å². The molecule has 0 aliphatic heterocycles. The summed E-state index contributed by atoms with van der Waals surface area (Å²) < 4.78 is 5.67. The van der Waals surface area contributed by atoms with Gasteiger partial charge in [-0.3, -0.25) is 0 Å². The molecule has 1 N–H and O–H groups in total. The van der Waals surface area contributed by atoms with Crippen molar-refractivity contribution < 1.29 is 14.6 Å². The molecule has 0 heterocycles. The highest BCUT2D eigenvalue weighted by atomic mass is 16.5. The fourth-order valence-corrected chi connectivity index (χ4v) is 2.28. The summed E-state index contributed by atoms with van der Waals surface area (Å²) in [7, 11) is 0. The molecular weight excluding hydrogens is 264 g/mol. The van der Waals surface area contributed by atoms with Crippen LogP contribution in [-0.4, -0.2) is 17.2 Å². The molecule has 0 aliphatic carbocycles. The van der Waals surface area contributed by atoms with Crippen molar-refractivity contribution >= 4 is 5.97 Å². The zero-order chi connectivity index (χ0) is 15.4. The first-order valence-corrected chi connectivity index (χ1v) is 6.97. The van der Waals surface area contributed by atoms with Crippen molar-refractivity contribution in [3.63, 3.8) is 0 Å². The van der Waals surface area contributed by atoms with Crippen LogP contribution in [0.15, 0.2) is 42.5 Å². The second-order valence-electron chi connectivity index (χ2n) is 5.46. The number of rotatable bonds is 5. The van der Waals surface area contributed by atoms with Gasteiger partial charge in [0.2, 0.25) is 0 Å². The fraction of sp³-hybridized carbons (Fsp3) is 0.278. The lowest BCUT2D eigenvalue weighted by molar-refractivity contribution is -0.145. The Labute approximate surface area is 125 Å². The Morgan fingerprint density at radius 1 is 1.00 bits per heavy atom. The summed E-state index contributed by atoms with van der Waals surface area (Å²) in [5, 5.41) is 9.36. The minimum Gasteiger partial charge on any atom is -0.478 e. The van der Waals surface area contributed by atoms with E-state index in [1.54, 1.807) is 0 Å². The van der Waals surface area contributed by atoms with Crippen LogP contribution in [0.1, 0.15) is 22.3 Å². The number of carboxylic acid groups (broad SMARTS) is 1. The van der Waals surface area contributed by atoms with E-state index in [0.29, 0.717) is 12.2 Å². The Morgan fingerprint density at radius 2 is 1.57 bits per heavy atom. The number of benzene rings is 2. The van der Waals surface area contributed by atoms with Crippen LogP contribution in [0.4, 0.5) is 0 Å². The Hall–Kier alpha value is -2.29. The molecule has 0 fully saturated rings. The SMILES string of the molecule is Cc1ccc(C[C@H](Oc2cc(C)cc(C)c2)C(=O)O)cc1. The topological polar surface area (TPSA) is 46.5 Å². The van der Waals surface area contributed by atoms with Crippen molar-refractivity contribution in [2.45, 2.75) is 33.3 Å². The molecule has 0 saturated carbocycles. The van der Waals surface area contributed by atoms with E-state index in [2.05, 4.69) is 0 Å². The molecule has 0 spiro atoms. The number of carboxylic acids is 1. The van der Waals surface area contributed by atoms with Gasteiger partial charge >= 0.3 is 5.97 Å². The van der Waals surface area contributed by atoms with Crippen LogP contribution in [-0.2, 0) is 11.2 Å². The average molecular weight is 284 g/mol. The van der Waals surface area contributed by atoms with Crippen LogP contribution in [0.25, 0.3) is 0 Å². The first-order chi connectivity index (χ1) is 9.94. The highest BCUT2D eigenvalue weighted by Crippen LogP contribution is 2.19. The van der Waals surface area contributed by atoms with Crippen molar-refractivity contribution in [1.29, 1.82) is 0 Å². The molecule has 110 valence electrons. The smallest absolute Gasteiger partial charge is 0.345 e. The third kappa shape index (κ3) is 4.35. The maximum Gasteiger partial charge on any atom is 0.345 e. The molecule has 1 atom stereocenters. The fourth-order valence-electron chi connectivity index (χ4n) is 2.28. The molecule has 2 aromatic carbocycles. The summed E-state index contributed by atoms with van der Waals surface area (Å²) in [6.45, 7) is 5.94. The van der Waals surface area contributed by atoms with Gasteiger partial charge in [0.1, 0.15) is 5.75 Å². The average Bonchev–Trinajstić information content (AvgIpc) is 2.39. The molecule has 0 saturated heterocycles. The molecule has 21 heavy (non-hydrogen) atoms. The number of hydrogen-bond acceptors (Lipinski definition) is 2. The number of aliphatic carboxylic acids is 1. The lowest BCUT2D eigenvalue weighted by atomic mass is 10.1. The maximum absolute atomic E-state index is 11.4. The van der Waals surface area contributed by atoms with Gasteiger partial charge in [-0.15, -0.1) is 0 Å². The van der Waals surface area contributed by atoms with Crippen molar-refractivity contribution in [1.82, 2.24) is 0 Å². The first-order valence-electron chi connectivity index (χ1n) is 6.97. The number of aryl methyl sites for hydroxylation is 3. The lowest BCUT2D eigenvalue weighted by Crippen LogP contribution is -2.29. The van der Waals surface area contributed by atoms with Crippen LogP contribution in [0.2, 0.25) is 0 Å². The van der Waals surface area contributed by atoms with E-state index < -0.39 is 12.1 Å². The molecule has 3 heteroatoms. The third-order valence-corrected chi connectivity index (χ3v) is 3.29. The van der Waals surface area contributed by atoms with Crippen molar-refractivity contribution in [2.75, 3.05) is 0 Å². The summed E-state index contributed by atoms with van der Waals surface area (Å²) in [6.07, 6.45) is -0.531. The molecule has 0 radical (unpaired) electrons. The maximum atomic E-state index is 11.4. The quantitative estimate of drug-likeness (QED) is 0.911. The predicted molar refractivity (Wildman–Crippen MR) is 82.9 cm³/mol. The van der Waals surface area contributed by atoms with E-state index >= 15 is 0 Å². The number of carbonyl (C=O) groups is 1. The number of ether oxygens (including phenoxy) is 1. The monoisotopic (exact) mass is 284 g/mol. The molecule has 0 aliphatic rings. The Morgan fingerprint density at radius 3 is 2.10 bits per heavy atom. The van der Waals surface area contributed by atoms with Gasteiger partial charge in [-0.05, 0) is 49.6 Å². The predicted octanol–water partition coefficient (Wildman–Crippen LogP) is 3.69. The van der Waals surface area contributed by atoms with Crippen LogP contribution >= 0.6 is 0 Å². The summed E-state index contributed by atoms with van der Waals surface area (Å²) in [5.74, 6) is -0.346. The molecular formula is C18H20O3. The highest BCUT2D eigenvalue weighted by molar-refractivity contribution is 5.73. The van der Waals surface area contributed by atoms with Crippen molar-refractivity contribution in [3.05, 3.63) is 64.7 Å². The van der Waals surface area contributed by atoms with Gasteiger partial charge in [0.25, 0.3) is 0 Å². The second kappa shape index (κ2) is 6.44. The second-order valence-corrected chi connectivity index (χ2v) is 5.46. The van der Waals surface area contributed by atoms with Gasteiger partial charge < -0.3 is 9.84 Å². The standard InChI is InChI=1S/C18H20O3/c1-12-4-6-15(7-5-12)11-17(18(19)20)21-16-9-13(2)8-14(3)10-16/h4-10,17H,11H2,1-3H3,(H,19,20)/t17-/m0/s1. The molecule has 3 nitrogen and oxygen atoms in total. The largest absolute Gasteiger partial charge is 0.478 e. The summed E-state index contributed by atoms with van der Waals surface area (Å²) in [4.78, 5) is 11.4. The number of hydrogen-bond donors (Lipinski definition) is 1. The van der Waals surface area contributed by atoms with Crippen LogP contribution < -0.4 is 4.74 Å². The Bertz CT molecular complexity index is 609. The Balaban J connectivity index is 2.15. The van der Waals surface area contributed by atoms with E-state index in [-0.39, 0.29) is 0 Å². The Kier molecular flexibility index (Phi) is 4.63. The molecule has 2 rings (SSSR count). The summed E-state index contributed by atoms with van der Waals surface area (Å²) in [6, 6.07) is 13.6. The third-order valence-electron chi connectivity index (χ3n) is 3.29. The van der Waals surface area contributed by atoms with E-state index in [1.165, 1.54) is 0 Å². The molecule has 0 unspecified atom stereocenters. The van der Waals surface area contributed by atoms with Gasteiger partial charge in [-0.1, -0.05) is 35.9 Å². The van der Waals surface area contributed by atoms with Crippen LogP contribution in [0.5, 0.6) is 5.75 Å². The highest BCUT2D eigenvalue weighted by Gasteiger charge is 2.20. The van der Waals surface area contributed by atoms with Gasteiger partial charge in [0.05, 0.1) is 0 Å². The minimum absolute atomic E-state index is 0.350. The van der Waals surface area contributed by atoms with Gasteiger partial charge in [0.15, 0.2) is 6.10 Å². The van der Waals surface area contributed by atoms with Crippen molar-refractivity contribution in [3.8, 4) is 5.75 Å². The van der Waals surface area contributed by atoms with E-state index in [9.17, 15) is 9.90 Å². The van der Waals surface area contributed by atoms with Crippen LogP contribution in [0, 0.1) is 20.8 Å². The molecule has 2 aromatic rings. The normalized spacial score (nSPS) is 12.0. The molecule has 0 bridgehead atoms. The summed E-state index contributed by atoms with van der Waals surface area (Å²) in [5.41, 5.74) is 4.23. The summed E-state index contributed by atoms with van der Waals surface area (Å²) >= 11 is 0.